The smallest absolute Gasteiger partial charge is 0.156 e. The van der Waals surface area contributed by atoms with Crippen LogP contribution in [0.25, 0.3) is 0 Å². The van der Waals surface area contributed by atoms with Crippen molar-refractivity contribution in [3.8, 4) is 0 Å². The molecular weight excluding hydrogens is 136 g/mol. The van der Waals surface area contributed by atoms with Gasteiger partial charge in [0.25, 0.3) is 0 Å². The molecule has 1 aliphatic rings. The number of hydrogen-bond donors (Lipinski definition) is 0. The average molecular weight is 150 g/mol. The highest BCUT2D eigenvalue weighted by molar-refractivity contribution is 5.96. The van der Waals surface area contributed by atoms with Crippen molar-refractivity contribution in [2.75, 3.05) is 0 Å². The van der Waals surface area contributed by atoms with E-state index in [9.17, 15) is 4.79 Å². The molecule has 0 atom stereocenters. The number of Topliss-reactive ketones (excluding diaryl/α,β-unsaturated/α-hetero) is 1. The second-order valence-electron chi connectivity index (χ2n) is 3.24. The first-order chi connectivity index (χ1) is 5.04. The van der Waals surface area contributed by atoms with Crippen LogP contribution >= 0.6 is 0 Å². The lowest BCUT2D eigenvalue weighted by atomic mass is 10.1. The van der Waals surface area contributed by atoms with E-state index in [1.54, 1.807) is 6.92 Å². The van der Waals surface area contributed by atoms with Gasteiger partial charge in [0.1, 0.15) is 0 Å². The monoisotopic (exact) mass is 150 g/mol. The first-order valence-corrected chi connectivity index (χ1v) is 3.91. The van der Waals surface area contributed by atoms with Gasteiger partial charge in [-0.05, 0) is 45.3 Å². The molecule has 0 aromatic heterocycles. The Morgan fingerprint density at radius 1 is 1.18 bits per heavy atom. The van der Waals surface area contributed by atoms with E-state index in [1.807, 2.05) is 6.92 Å². The van der Waals surface area contributed by atoms with Crippen LogP contribution in [0.15, 0.2) is 22.3 Å². The Morgan fingerprint density at radius 2 is 1.73 bits per heavy atom. The topological polar surface area (TPSA) is 17.1 Å². The summed E-state index contributed by atoms with van der Waals surface area (Å²) in [7, 11) is 0. The highest BCUT2D eigenvalue weighted by atomic mass is 16.1. The zero-order valence-electron chi connectivity index (χ0n) is 7.62. The summed E-state index contributed by atoms with van der Waals surface area (Å²) in [4.78, 5) is 11.1. The molecular formula is C10H14O. The van der Waals surface area contributed by atoms with E-state index < -0.39 is 0 Å². The molecule has 0 aliphatic heterocycles. The predicted molar refractivity (Wildman–Crippen MR) is 46.4 cm³/mol. The summed E-state index contributed by atoms with van der Waals surface area (Å²) >= 11 is 0. The molecule has 0 saturated carbocycles. The number of rotatable bonds is 1. The van der Waals surface area contributed by atoms with Gasteiger partial charge in [0.15, 0.2) is 5.78 Å². The van der Waals surface area contributed by atoms with Crippen LogP contribution in [0.3, 0.4) is 0 Å². The minimum atomic E-state index is 0.221. The van der Waals surface area contributed by atoms with Crippen LogP contribution in [0, 0.1) is 0 Å². The van der Waals surface area contributed by atoms with Gasteiger partial charge in [-0.25, -0.2) is 0 Å². The van der Waals surface area contributed by atoms with Crippen molar-refractivity contribution in [3.05, 3.63) is 22.3 Å². The van der Waals surface area contributed by atoms with Crippen molar-refractivity contribution in [3.63, 3.8) is 0 Å². The van der Waals surface area contributed by atoms with Crippen LogP contribution in [0.4, 0.5) is 0 Å². The summed E-state index contributed by atoms with van der Waals surface area (Å²) in [5, 5.41) is 0. The summed E-state index contributed by atoms with van der Waals surface area (Å²) in [5.41, 5.74) is 4.83. The second kappa shape index (κ2) is 2.65. The first-order valence-electron chi connectivity index (χ1n) is 3.91. The van der Waals surface area contributed by atoms with Crippen molar-refractivity contribution < 1.29 is 4.79 Å². The minimum Gasteiger partial charge on any atom is -0.295 e. The van der Waals surface area contributed by atoms with Crippen molar-refractivity contribution >= 4 is 5.78 Å². The average Bonchev–Trinajstić information content (AvgIpc) is 2.17. The molecule has 0 fully saturated rings. The van der Waals surface area contributed by atoms with Crippen LogP contribution < -0.4 is 0 Å². The maximum Gasteiger partial charge on any atom is 0.156 e. The van der Waals surface area contributed by atoms with E-state index >= 15 is 0 Å². The zero-order chi connectivity index (χ0) is 8.59. The molecule has 0 heterocycles. The molecule has 0 bridgehead atoms. The van der Waals surface area contributed by atoms with Gasteiger partial charge in [0.05, 0.1) is 0 Å². The fourth-order valence-electron chi connectivity index (χ4n) is 1.47. The Hall–Kier alpha value is -0.850. The van der Waals surface area contributed by atoms with Crippen LogP contribution in [-0.2, 0) is 4.79 Å². The van der Waals surface area contributed by atoms with E-state index in [0.29, 0.717) is 0 Å². The highest BCUT2D eigenvalue weighted by Crippen LogP contribution is 2.31. The second-order valence-corrected chi connectivity index (χ2v) is 3.24. The molecule has 60 valence electrons. The molecule has 0 saturated heterocycles. The Bertz CT molecular complexity index is 267. The summed E-state index contributed by atoms with van der Waals surface area (Å²) in [6, 6.07) is 0. The number of allylic oxidation sites excluding steroid dienone is 4. The number of ketones is 1. The molecule has 0 aromatic rings. The van der Waals surface area contributed by atoms with Gasteiger partial charge in [-0.2, -0.15) is 0 Å². The Balaban J connectivity index is 3.02. The summed E-state index contributed by atoms with van der Waals surface area (Å²) < 4.78 is 0. The maximum atomic E-state index is 11.1. The third-order valence-corrected chi connectivity index (χ3v) is 2.52. The molecule has 0 radical (unpaired) electrons. The Labute approximate surface area is 67.8 Å². The standard InChI is InChI=1S/C10H14O/c1-6-5-10(9(4)11)8(3)7(6)2/h5H2,1-4H3. The van der Waals surface area contributed by atoms with Crippen molar-refractivity contribution in [1.29, 1.82) is 0 Å². The van der Waals surface area contributed by atoms with Crippen LogP contribution in [0.5, 0.6) is 0 Å². The fourth-order valence-corrected chi connectivity index (χ4v) is 1.47. The van der Waals surface area contributed by atoms with Gasteiger partial charge in [0, 0.05) is 5.57 Å². The van der Waals surface area contributed by atoms with Crippen LogP contribution in [-0.4, -0.2) is 5.78 Å². The van der Waals surface area contributed by atoms with Gasteiger partial charge < -0.3 is 0 Å². The van der Waals surface area contributed by atoms with E-state index in [2.05, 4.69) is 13.8 Å². The maximum absolute atomic E-state index is 11.1. The summed E-state index contributed by atoms with van der Waals surface area (Å²) in [6.07, 6.45) is 0.868. The third kappa shape index (κ3) is 1.28. The minimum absolute atomic E-state index is 0.221. The molecule has 1 heteroatoms. The molecule has 1 rings (SSSR count). The highest BCUT2D eigenvalue weighted by Gasteiger charge is 2.17. The van der Waals surface area contributed by atoms with Crippen LogP contribution in [0.1, 0.15) is 34.1 Å². The zero-order valence-corrected chi connectivity index (χ0v) is 7.62. The summed E-state index contributed by atoms with van der Waals surface area (Å²) in [6.45, 7) is 7.85. The number of hydrogen-bond acceptors (Lipinski definition) is 1. The lowest BCUT2D eigenvalue weighted by Gasteiger charge is -1.97. The van der Waals surface area contributed by atoms with E-state index in [4.69, 9.17) is 0 Å². The number of carbonyl (C=O) groups excluding carboxylic acids is 1. The van der Waals surface area contributed by atoms with Gasteiger partial charge in [0.2, 0.25) is 0 Å². The molecule has 0 unspecified atom stereocenters. The Morgan fingerprint density at radius 3 is 1.91 bits per heavy atom. The van der Waals surface area contributed by atoms with Gasteiger partial charge in [-0.1, -0.05) is 5.57 Å². The SMILES string of the molecule is CC(=O)C1=C(C)C(C)=C(C)C1. The van der Waals surface area contributed by atoms with Gasteiger partial charge >= 0.3 is 0 Å². The summed E-state index contributed by atoms with van der Waals surface area (Å²) in [5.74, 6) is 0.221. The predicted octanol–water partition coefficient (Wildman–Crippen LogP) is 2.63. The molecule has 1 aliphatic carbocycles. The van der Waals surface area contributed by atoms with Crippen molar-refractivity contribution in [2.24, 2.45) is 0 Å². The van der Waals surface area contributed by atoms with E-state index in [-0.39, 0.29) is 5.78 Å². The Kier molecular flexibility index (Phi) is 1.99. The third-order valence-electron chi connectivity index (χ3n) is 2.52. The molecule has 11 heavy (non-hydrogen) atoms. The van der Waals surface area contributed by atoms with E-state index in [0.717, 1.165) is 12.0 Å². The molecule has 0 aromatic carbocycles. The van der Waals surface area contributed by atoms with Crippen molar-refractivity contribution in [1.82, 2.24) is 0 Å². The lowest BCUT2D eigenvalue weighted by molar-refractivity contribution is -0.113. The van der Waals surface area contributed by atoms with E-state index in [1.165, 1.54) is 16.7 Å². The normalized spacial score (nSPS) is 18.2. The van der Waals surface area contributed by atoms with Crippen LogP contribution in [0.2, 0.25) is 0 Å². The van der Waals surface area contributed by atoms with Crippen molar-refractivity contribution in [2.45, 2.75) is 34.1 Å². The number of carbonyl (C=O) groups is 1. The van der Waals surface area contributed by atoms with Gasteiger partial charge in [-0.3, -0.25) is 4.79 Å². The fraction of sp³-hybridized carbons (Fsp3) is 0.500. The van der Waals surface area contributed by atoms with Gasteiger partial charge in [-0.15, -0.1) is 0 Å². The molecule has 0 N–H and O–H groups in total. The molecule has 0 amide bonds. The molecule has 0 spiro atoms. The largest absolute Gasteiger partial charge is 0.295 e. The quantitative estimate of drug-likeness (QED) is 0.561. The lowest BCUT2D eigenvalue weighted by Crippen LogP contribution is -1.95. The first kappa shape index (κ1) is 8.25. The molecule has 1 nitrogen and oxygen atoms in total.